The molecule has 0 amide bonds. The van der Waals surface area contributed by atoms with Gasteiger partial charge in [-0.1, -0.05) is 17.8 Å². The Hall–Kier alpha value is -1.10. The summed E-state index contributed by atoms with van der Waals surface area (Å²) < 4.78 is 13.7. The largest absolute Gasteiger partial charge is 0.617 e. The van der Waals surface area contributed by atoms with Crippen LogP contribution in [0.3, 0.4) is 0 Å². The van der Waals surface area contributed by atoms with Crippen LogP contribution in [0, 0.1) is 0 Å². The van der Waals surface area contributed by atoms with Crippen LogP contribution in [-0.4, -0.2) is 42.8 Å². The van der Waals surface area contributed by atoms with Crippen LogP contribution in [0.25, 0.3) is 0 Å². The van der Waals surface area contributed by atoms with E-state index in [1.54, 1.807) is 19.4 Å². The molecule has 0 aromatic heterocycles. The van der Waals surface area contributed by atoms with Crippen molar-refractivity contribution in [3.05, 3.63) is 12.7 Å². The van der Waals surface area contributed by atoms with E-state index in [1.807, 2.05) is 0 Å². The van der Waals surface area contributed by atoms with Crippen molar-refractivity contribution in [1.29, 1.82) is 0 Å². The summed E-state index contributed by atoms with van der Waals surface area (Å²) in [6.45, 7) is 5.48. The standard InChI is InChI=1S/C4H6O2.C3H5NO.C2H6OS/c1-3-4(5)6-2;1-2-4-3-5;1-4(2)3/h3H,1H2,2H3;2H2,1H3;1-2H3. The van der Waals surface area contributed by atoms with Crippen LogP contribution in [0.4, 0.5) is 0 Å². The van der Waals surface area contributed by atoms with Crippen LogP contribution in [0.2, 0.25) is 0 Å². The number of rotatable bonds is 2. The van der Waals surface area contributed by atoms with Crippen molar-refractivity contribution in [1.82, 2.24) is 0 Å². The fourth-order valence-corrected chi connectivity index (χ4v) is 0.148. The summed E-state index contributed by atoms with van der Waals surface area (Å²) in [5, 5.41) is 0. The van der Waals surface area contributed by atoms with Gasteiger partial charge in [-0.25, -0.2) is 14.6 Å². The van der Waals surface area contributed by atoms with Crippen LogP contribution in [0.15, 0.2) is 17.6 Å². The molecular formula is C9H17NO4S. The molecule has 0 aliphatic heterocycles. The first-order valence-corrected chi connectivity index (χ1v) is 5.91. The van der Waals surface area contributed by atoms with Gasteiger partial charge in [-0.2, -0.15) is 0 Å². The molecule has 0 rings (SSSR count). The molecule has 15 heavy (non-hydrogen) atoms. The van der Waals surface area contributed by atoms with Gasteiger partial charge in [-0.3, -0.25) is 0 Å². The SMILES string of the molecule is C=CC(=O)OC.CCN=C=O.C[S+](C)[O-]. The molecular weight excluding hydrogens is 218 g/mol. The summed E-state index contributed by atoms with van der Waals surface area (Å²) in [7, 11) is 1.31. The van der Waals surface area contributed by atoms with E-state index < -0.39 is 17.1 Å². The highest BCUT2D eigenvalue weighted by molar-refractivity contribution is 7.89. The van der Waals surface area contributed by atoms with Crippen LogP contribution >= 0.6 is 0 Å². The predicted molar refractivity (Wildman–Crippen MR) is 60.9 cm³/mol. The molecule has 0 bridgehead atoms. The molecule has 0 aliphatic carbocycles. The first-order chi connectivity index (χ1) is 6.95. The van der Waals surface area contributed by atoms with Gasteiger partial charge in [0.2, 0.25) is 6.08 Å². The van der Waals surface area contributed by atoms with E-state index >= 15 is 0 Å². The number of esters is 1. The highest BCUT2D eigenvalue weighted by atomic mass is 32.2. The van der Waals surface area contributed by atoms with E-state index in [2.05, 4.69) is 16.3 Å². The zero-order chi connectivity index (χ0) is 12.7. The van der Waals surface area contributed by atoms with E-state index in [0.717, 1.165) is 6.08 Å². The van der Waals surface area contributed by atoms with Gasteiger partial charge in [-0.05, 0) is 6.92 Å². The van der Waals surface area contributed by atoms with Crippen molar-refractivity contribution in [3.63, 3.8) is 0 Å². The topological polar surface area (TPSA) is 78.8 Å². The maximum Gasteiger partial charge on any atom is 0.329 e. The summed E-state index contributed by atoms with van der Waals surface area (Å²) in [6, 6.07) is 0. The molecule has 0 unspecified atom stereocenters. The molecule has 0 aromatic rings. The lowest BCUT2D eigenvalue weighted by Gasteiger charge is -1.87. The number of methoxy groups -OCH3 is 1. The maximum absolute atomic E-state index is 9.84. The molecule has 0 fully saturated rings. The average molecular weight is 235 g/mol. The zero-order valence-electron chi connectivity index (χ0n) is 9.48. The minimum atomic E-state index is -0.611. The number of aliphatic imine (C=N–C) groups is 1. The van der Waals surface area contributed by atoms with E-state index in [4.69, 9.17) is 4.79 Å². The van der Waals surface area contributed by atoms with Gasteiger partial charge in [0.1, 0.15) is 0 Å². The quantitative estimate of drug-likeness (QED) is 0.232. The fourth-order valence-electron chi connectivity index (χ4n) is 0.148. The van der Waals surface area contributed by atoms with Crippen LogP contribution < -0.4 is 0 Å². The molecule has 0 radical (unpaired) electrons. The van der Waals surface area contributed by atoms with Crippen LogP contribution in [0.5, 0.6) is 0 Å². The summed E-state index contributed by atoms with van der Waals surface area (Å²) in [6.07, 6.45) is 5.78. The van der Waals surface area contributed by atoms with Gasteiger partial charge < -0.3 is 9.29 Å². The Morgan fingerprint density at radius 3 is 2.07 bits per heavy atom. The van der Waals surface area contributed by atoms with Gasteiger partial charge in [0.25, 0.3) is 0 Å². The maximum atomic E-state index is 9.84. The van der Waals surface area contributed by atoms with E-state index in [-0.39, 0.29) is 0 Å². The van der Waals surface area contributed by atoms with Crippen molar-refractivity contribution in [2.45, 2.75) is 6.92 Å². The Morgan fingerprint density at radius 1 is 1.67 bits per heavy atom. The lowest BCUT2D eigenvalue weighted by Crippen LogP contribution is -1.91. The van der Waals surface area contributed by atoms with Gasteiger partial charge in [-0.15, -0.1) is 0 Å². The molecule has 0 spiro atoms. The molecule has 0 heterocycles. The smallest absolute Gasteiger partial charge is 0.329 e. The monoisotopic (exact) mass is 235 g/mol. The first kappa shape index (κ1) is 19.5. The van der Waals surface area contributed by atoms with E-state index in [0.29, 0.717) is 6.54 Å². The zero-order valence-corrected chi connectivity index (χ0v) is 10.3. The second kappa shape index (κ2) is 18.6. The van der Waals surface area contributed by atoms with Crippen LogP contribution in [-0.2, 0) is 25.5 Å². The summed E-state index contributed by atoms with van der Waals surface area (Å²) >= 11 is -0.611. The van der Waals surface area contributed by atoms with Crippen molar-refractivity contribution in [2.24, 2.45) is 4.99 Å². The molecule has 0 atom stereocenters. The second-order valence-electron chi connectivity index (χ2n) is 2.03. The van der Waals surface area contributed by atoms with Gasteiger partial charge in [0.05, 0.1) is 19.6 Å². The Balaban J connectivity index is -0.000000147. The van der Waals surface area contributed by atoms with Gasteiger partial charge in [0, 0.05) is 12.6 Å². The molecule has 88 valence electrons. The third kappa shape index (κ3) is 63.8. The molecule has 0 saturated carbocycles. The molecule has 5 nitrogen and oxygen atoms in total. The predicted octanol–water partition coefficient (Wildman–Crippen LogP) is 0.682. The lowest BCUT2D eigenvalue weighted by atomic mass is 10.7. The molecule has 0 aromatic carbocycles. The van der Waals surface area contributed by atoms with Crippen molar-refractivity contribution in [2.75, 3.05) is 26.2 Å². The fraction of sp³-hybridized carbons (Fsp3) is 0.556. The number of hydrogen-bond acceptors (Lipinski definition) is 5. The number of nitrogens with zero attached hydrogens (tertiary/aromatic N) is 1. The number of carbonyl (C=O) groups is 1. The molecule has 6 heteroatoms. The minimum absolute atomic E-state index is 0.394. The molecule has 0 saturated heterocycles. The second-order valence-corrected chi connectivity index (χ2v) is 3.52. The van der Waals surface area contributed by atoms with Crippen molar-refractivity contribution < 1.29 is 18.9 Å². The number of carbonyl (C=O) groups excluding carboxylic acids is 2. The summed E-state index contributed by atoms with van der Waals surface area (Å²) in [4.78, 5) is 22.1. The first-order valence-electron chi connectivity index (χ1n) is 3.95. The average Bonchev–Trinajstić information content (AvgIpc) is 2.18. The number of hydrogen-bond donors (Lipinski definition) is 0. The van der Waals surface area contributed by atoms with E-state index in [9.17, 15) is 9.35 Å². The van der Waals surface area contributed by atoms with Crippen LogP contribution in [0.1, 0.15) is 6.92 Å². The Bertz CT molecular complexity index is 198. The highest BCUT2D eigenvalue weighted by Crippen LogP contribution is 1.67. The number of ether oxygens (including phenoxy) is 1. The third-order valence-corrected chi connectivity index (χ3v) is 0.591. The normalized spacial score (nSPS) is 7.07. The van der Waals surface area contributed by atoms with Gasteiger partial charge >= 0.3 is 5.97 Å². The van der Waals surface area contributed by atoms with Crippen molar-refractivity contribution in [3.8, 4) is 0 Å². The molecule has 0 N–H and O–H groups in total. The van der Waals surface area contributed by atoms with Gasteiger partial charge in [0.15, 0.2) is 0 Å². The van der Waals surface area contributed by atoms with E-state index in [1.165, 1.54) is 13.2 Å². The Labute approximate surface area is 93.4 Å². The summed E-state index contributed by atoms with van der Waals surface area (Å²) in [5.41, 5.74) is 0. The minimum Gasteiger partial charge on any atom is -0.617 e. The molecule has 0 aliphatic rings. The Kier molecular flexibility index (Phi) is 24.2. The summed E-state index contributed by atoms with van der Waals surface area (Å²) in [5.74, 6) is -0.394. The lowest BCUT2D eigenvalue weighted by molar-refractivity contribution is -0.134. The highest BCUT2D eigenvalue weighted by Gasteiger charge is 1.81. The Morgan fingerprint density at radius 2 is 2.07 bits per heavy atom. The number of isocyanates is 1. The third-order valence-electron chi connectivity index (χ3n) is 0.591. The van der Waals surface area contributed by atoms with Crippen molar-refractivity contribution >= 4 is 23.2 Å².